The van der Waals surface area contributed by atoms with E-state index in [9.17, 15) is 4.79 Å². The summed E-state index contributed by atoms with van der Waals surface area (Å²) >= 11 is 5.22. The zero-order valence-corrected chi connectivity index (χ0v) is 12.7. The molecule has 0 aliphatic carbocycles. The third-order valence-corrected chi connectivity index (χ3v) is 3.00. The van der Waals surface area contributed by atoms with Gasteiger partial charge < -0.3 is 14.5 Å². The first kappa shape index (κ1) is 15.2. The molecule has 0 saturated heterocycles. The molecule has 21 heavy (non-hydrogen) atoms. The second-order valence-electron chi connectivity index (χ2n) is 4.11. The van der Waals surface area contributed by atoms with Crippen LogP contribution in [0.1, 0.15) is 24.2 Å². The summed E-state index contributed by atoms with van der Waals surface area (Å²) in [4.78, 5) is 19.3. The van der Waals surface area contributed by atoms with Crippen molar-refractivity contribution in [3.05, 3.63) is 40.5 Å². The number of aromatic nitrogens is 2. The van der Waals surface area contributed by atoms with E-state index in [-0.39, 0.29) is 22.7 Å². The first-order valence-corrected chi connectivity index (χ1v) is 7.07. The van der Waals surface area contributed by atoms with Gasteiger partial charge >= 0.3 is 5.97 Å². The molecule has 1 heterocycles. The number of benzene rings is 1. The molecule has 1 N–H and O–H groups in total. The smallest absolute Gasteiger partial charge is 0.346 e. The summed E-state index contributed by atoms with van der Waals surface area (Å²) in [6, 6.07) is 9.50. The fourth-order valence-corrected chi connectivity index (χ4v) is 2.09. The van der Waals surface area contributed by atoms with Gasteiger partial charge in [0, 0.05) is 5.56 Å². The molecular weight excluding hydrogens is 288 g/mol. The Morgan fingerprint density at radius 1 is 1.24 bits per heavy atom. The van der Waals surface area contributed by atoms with Gasteiger partial charge in [-0.05, 0) is 13.8 Å². The van der Waals surface area contributed by atoms with Crippen molar-refractivity contribution < 1.29 is 14.3 Å². The van der Waals surface area contributed by atoms with Gasteiger partial charge in [0.25, 0.3) is 0 Å². The predicted molar refractivity (Wildman–Crippen MR) is 82.0 cm³/mol. The molecule has 0 atom stereocenters. The first-order valence-electron chi connectivity index (χ1n) is 6.67. The average Bonchev–Trinajstić information content (AvgIpc) is 2.48. The van der Waals surface area contributed by atoms with E-state index in [1.807, 2.05) is 37.3 Å². The number of hydrogen-bond donors (Lipinski definition) is 1. The molecule has 1 aromatic heterocycles. The van der Waals surface area contributed by atoms with Crippen LogP contribution in [0.2, 0.25) is 0 Å². The Bertz CT molecular complexity index is 683. The molecule has 0 unspecified atom stereocenters. The van der Waals surface area contributed by atoms with Crippen LogP contribution in [0.25, 0.3) is 11.4 Å². The zero-order valence-electron chi connectivity index (χ0n) is 11.9. The molecule has 0 aliphatic rings. The van der Waals surface area contributed by atoms with Gasteiger partial charge in [-0.2, -0.15) is 0 Å². The minimum atomic E-state index is -0.533. The Hall–Kier alpha value is -2.21. The number of aromatic amines is 1. The fourth-order valence-electron chi connectivity index (χ4n) is 1.82. The molecule has 5 nitrogen and oxygen atoms in total. The van der Waals surface area contributed by atoms with E-state index in [0.717, 1.165) is 5.56 Å². The highest BCUT2D eigenvalue weighted by Gasteiger charge is 2.19. The van der Waals surface area contributed by atoms with Crippen molar-refractivity contribution in [2.45, 2.75) is 13.8 Å². The Morgan fingerprint density at radius 2 is 1.95 bits per heavy atom. The van der Waals surface area contributed by atoms with E-state index in [1.165, 1.54) is 0 Å². The van der Waals surface area contributed by atoms with Crippen LogP contribution in [0.5, 0.6) is 5.88 Å². The van der Waals surface area contributed by atoms with Gasteiger partial charge in [0.2, 0.25) is 5.88 Å². The Kier molecular flexibility index (Phi) is 5.05. The lowest BCUT2D eigenvalue weighted by atomic mass is 10.2. The highest BCUT2D eigenvalue weighted by molar-refractivity contribution is 7.71. The summed E-state index contributed by atoms with van der Waals surface area (Å²) in [5.41, 5.74) is 1.02. The third kappa shape index (κ3) is 3.46. The van der Waals surface area contributed by atoms with Crippen molar-refractivity contribution in [3.63, 3.8) is 0 Å². The molecule has 0 bridgehead atoms. The van der Waals surface area contributed by atoms with Crippen molar-refractivity contribution in [1.82, 2.24) is 9.97 Å². The van der Waals surface area contributed by atoms with Gasteiger partial charge in [0.05, 0.1) is 13.2 Å². The van der Waals surface area contributed by atoms with Gasteiger partial charge in [-0.15, -0.1) is 0 Å². The molecule has 2 rings (SSSR count). The number of esters is 1. The lowest BCUT2D eigenvalue weighted by Crippen LogP contribution is -2.11. The quantitative estimate of drug-likeness (QED) is 0.677. The second-order valence-corrected chi connectivity index (χ2v) is 4.50. The molecule has 1 aromatic carbocycles. The van der Waals surface area contributed by atoms with E-state index in [1.54, 1.807) is 6.92 Å². The topological polar surface area (TPSA) is 64.2 Å². The van der Waals surface area contributed by atoms with Crippen molar-refractivity contribution >= 4 is 18.2 Å². The van der Waals surface area contributed by atoms with E-state index < -0.39 is 5.97 Å². The number of nitrogens with one attached hydrogen (secondary N) is 1. The van der Waals surface area contributed by atoms with Gasteiger partial charge in [-0.25, -0.2) is 9.78 Å². The monoisotopic (exact) mass is 304 g/mol. The van der Waals surface area contributed by atoms with E-state index in [4.69, 9.17) is 21.7 Å². The van der Waals surface area contributed by atoms with E-state index in [0.29, 0.717) is 12.4 Å². The largest absolute Gasteiger partial charge is 0.479 e. The number of H-pyrrole nitrogens is 1. The van der Waals surface area contributed by atoms with Gasteiger partial charge in [0.1, 0.15) is 10.5 Å². The summed E-state index contributed by atoms with van der Waals surface area (Å²) in [5.74, 6) is 0.307. The highest BCUT2D eigenvalue weighted by Crippen LogP contribution is 2.23. The standard InChI is InChI=1S/C15H16N2O3S/c1-3-19-13-11(15(18)20-4-2)14(21)17-12(16-13)10-8-6-5-7-9-10/h5-9H,3-4H2,1-2H3,(H,16,17,21). The Labute approximate surface area is 127 Å². The maximum Gasteiger partial charge on any atom is 0.346 e. The van der Waals surface area contributed by atoms with Crippen LogP contribution in [0.15, 0.2) is 30.3 Å². The van der Waals surface area contributed by atoms with Crippen molar-refractivity contribution in [1.29, 1.82) is 0 Å². The number of nitrogens with zero attached hydrogens (tertiary/aromatic N) is 1. The lowest BCUT2D eigenvalue weighted by molar-refractivity contribution is 0.0519. The first-order chi connectivity index (χ1) is 10.2. The predicted octanol–water partition coefficient (Wildman–Crippen LogP) is 3.38. The van der Waals surface area contributed by atoms with Crippen LogP contribution in [0.4, 0.5) is 0 Å². The summed E-state index contributed by atoms with van der Waals surface area (Å²) in [6.45, 7) is 4.22. The number of hydrogen-bond acceptors (Lipinski definition) is 5. The third-order valence-electron chi connectivity index (χ3n) is 2.70. The molecule has 6 heteroatoms. The Morgan fingerprint density at radius 3 is 2.57 bits per heavy atom. The SMILES string of the molecule is CCOC(=O)c1c(OCC)[nH]c(-c2ccccc2)nc1=S. The normalized spacial score (nSPS) is 10.2. The number of ether oxygens (including phenoxy) is 2. The molecule has 110 valence electrons. The molecule has 0 saturated carbocycles. The van der Waals surface area contributed by atoms with Crippen LogP contribution < -0.4 is 4.74 Å². The molecular formula is C15H16N2O3S. The molecule has 0 spiro atoms. The van der Waals surface area contributed by atoms with Crippen LogP contribution in [0, 0.1) is 4.64 Å². The molecule has 0 radical (unpaired) electrons. The maximum atomic E-state index is 12.0. The van der Waals surface area contributed by atoms with E-state index >= 15 is 0 Å². The molecule has 2 aromatic rings. The highest BCUT2D eigenvalue weighted by atomic mass is 32.1. The summed E-state index contributed by atoms with van der Waals surface area (Å²) < 4.78 is 10.6. The minimum Gasteiger partial charge on any atom is -0.479 e. The second kappa shape index (κ2) is 6.99. The van der Waals surface area contributed by atoms with Crippen LogP contribution in [-0.2, 0) is 4.74 Å². The fraction of sp³-hybridized carbons (Fsp3) is 0.267. The van der Waals surface area contributed by atoms with Gasteiger partial charge in [0.15, 0.2) is 5.56 Å². The number of carbonyl (C=O) groups excluding carboxylic acids is 1. The molecule has 0 aliphatic heterocycles. The van der Waals surface area contributed by atoms with Crippen LogP contribution >= 0.6 is 12.2 Å². The number of rotatable bonds is 5. The average molecular weight is 304 g/mol. The zero-order chi connectivity index (χ0) is 15.2. The summed E-state index contributed by atoms with van der Waals surface area (Å²) in [6.07, 6.45) is 0. The van der Waals surface area contributed by atoms with Crippen molar-refractivity contribution in [2.75, 3.05) is 13.2 Å². The van der Waals surface area contributed by atoms with Crippen molar-refractivity contribution in [3.8, 4) is 17.3 Å². The summed E-state index contributed by atoms with van der Waals surface area (Å²) in [7, 11) is 0. The van der Waals surface area contributed by atoms with Crippen LogP contribution in [0.3, 0.4) is 0 Å². The lowest BCUT2D eigenvalue weighted by Gasteiger charge is -2.11. The maximum absolute atomic E-state index is 12.0. The van der Waals surface area contributed by atoms with Crippen LogP contribution in [-0.4, -0.2) is 29.2 Å². The molecule has 0 amide bonds. The molecule has 0 fully saturated rings. The van der Waals surface area contributed by atoms with Gasteiger partial charge in [-0.1, -0.05) is 42.5 Å². The van der Waals surface area contributed by atoms with E-state index in [2.05, 4.69) is 9.97 Å². The van der Waals surface area contributed by atoms with Gasteiger partial charge in [-0.3, -0.25) is 0 Å². The summed E-state index contributed by atoms with van der Waals surface area (Å²) in [5, 5.41) is 0. The van der Waals surface area contributed by atoms with Crippen molar-refractivity contribution in [2.24, 2.45) is 0 Å². The Balaban J connectivity index is 2.54. The number of carbonyl (C=O) groups is 1. The minimum absolute atomic E-state index is 0.161.